The molecule has 1 aliphatic carbocycles. The number of aromatic nitrogens is 2. The first-order chi connectivity index (χ1) is 12.1. The molecule has 2 aliphatic heterocycles. The van der Waals surface area contributed by atoms with E-state index in [2.05, 4.69) is 35.2 Å². The molecule has 0 bridgehead atoms. The first kappa shape index (κ1) is 16.8. The van der Waals surface area contributed by atoms with Gasteiger partial charge in [-0.3, -0.25) is 9.69 Å². The summed E-state index contributed by atoms with van der Waals surface area (Å²) in [5.41, 5.74) is 2.33. The van der Waals surface area contributed by atoms with E-state index in [-0.39, 0.29) is 11.4 Å². The molecule has 136 valence electrons. The van der Waals surface area contributed by atoms with Gasteiger partial charge in [-0.05, 0) is 45.7 Å². The molecule has 4 rings (SSSR count). The molecule has 1 aromatic heterocycles. The summed E-state index contributed by atoms with van der Waals surface area (Å²) in [4.78, 5) is 26.3. The first-order valence-corrected chi connectivity index (χ1v) is 9.64. The normalized spacial score (nSPS) is 28.6. The van der Waals surface area contributed by atoms with E-state index in [4.69, 9.17) is 9.97 Å². The monoisotopic (exact) mass is 343 g/mol. The molecule has 3 heterocycles. The molecule has 2 saturated heterocycles. The SMILES string of the molecule is Cc1cc(C2CCC2)nc(N2CCN(C)C3(CCNC(=O)CC3)C2)n1. The van der Waals surface area contributed by atoms with Crippen LogP contribution in [0.25, 0.3) is 0 Å². The molecule has 1 unspecified atom stereocenters. The van der Waals surface area contributed by atoms with Crippen molar-refractivity contribution in [1.29, 1.82) is 0 Å². The Hall–Kier alpha value is -1.69. The Morgan fingerprint density at radius 2 is 2.08 bits per heavy atom. The summed E-state index contributed by atoms with van der Waals surface area (Å²) in [6, 6.07) is 2.16. The number of rotatable bonds is 2. The van der Waals surface area contributed by atoms with Crippen LogP contribution in [0.15, 0.2) is 6.07 Å². The molecule has 6 heteroatoms. The third kappa shape index (κ3) is 3.24. The minimum atomic E-state index is 0.0428. The molecule has 1 atom stereocenters. The average Bonchev–Trinajstić information content (AvgIpc) is 2.71. The first-order valence-electron chi connectivity index (χ1n) is 9.64. The van der Waals surface area contributed by atoms with Gasteiger partial charge in [0.05, 0.1) is 0 Å². The number of hydrogen-bond acceptors (Lipinski definition) is 5. The van der Waals surface area contributed by atoms with Crippen LogP contribution in [-0.2, 0) is 4.79 Å². The summed E-state index contributed by atoms with van der Waals surface area (Å²) in [6.07, 6.45) is 6.36. The number of carbonyl (C=O) groups excluding carboxylic acids is 1. The Bertz CT molecular complexity index is 659. The molecule has 3 fully saturated rings. The minimum absolute atomic E-state index is 0.0428. The van der Waals surface area contributed by atoms with Crippen LogP contribution in [0.4, 0.5) is 5.95 Å². The van der Waals surface area contributed by atoms with Gasteiger partial charge in [0, 0.05) is 55.4 Å². The van der Waals surface area contributed by atoms with E-state index in [1.807, 2.05) is 0 Å². The van der Waals surface area contributed by atoms with Gasteiger partial charge in [-0.25, -0.2) is 9.97 Å². The molecule has 1 spiro atoms. The van der Waals surface area contributed by atoms with Crippen molar-refractivity contribution in [3.63, 3.8) is 0 Å². The zero-order valence-corrected chi connectivity index (χ0v) is 15.4. The number of nitrogens with zero attached hydrogens (tertiary/aromatic N) is 4. The van der Waals surface area contributed by atoms with Crippen molar-refractivity contribution in [3.05, 3.63) is 17.5 Å². The van der Waals surface area contributed by atoms with Crippen LogP contribution in [-0.4, -0.2) is 59.5 Å². The molecular formula is C19H29N5O. The highest BCUT2D eigenvalue weighted by Gasteiger charge is 2.41. The fourth-order valence-corrected chi connectivity index (χ4v) is 4.40. The molecule has 25 heavy (non-hydrogen) atoms. The predicted molar refractivity (Wildman–Crippen MR) is 97.8 cm³/mol. The van der Waals surface area contributed by atoms with Gasteiger partial charge in [-0.15, -0.1) is 0 Å². The van der Waals surface area contributed by atoms with E-state index in [0.29, 0.717) is 12.3 Å². The number of likely N-dealkylation sites (N-methyl/N-ethyl adjacent to an activating group) is 1. The standard InChI is InChI=1S/C19H29N5O/c1-14-12-16(15-4-3-5-15)22-18(21-14)24-11-10-23(2)19(13-24)7-6-17(25)20-9-8-19/h12,15H,3-11,13H2,1-2H3,(H,20,25). The van der Waals surface area contributed by atoms with E-state index < -0.39 is 0 Å². The lowest BCUT2D eigenvalue weighted by atomic mass is 9.82. The molecule has 6 nitrogen and oxygen atoms in total. The highest BCUT2D eigenvalue weighted by Crippen LogP contribution is 2.37. The van der Waals surface area contributed by atoms with Crippen molar-refractivity contribution < 1.29 is 4.79 Å². The molecule has 0 radical (unpaired) electrons. The predicted octanol–water partition coefficient (Wildman–Crippen LogP) is 1.84. The van der Waals surface area contributed by atoms with Crippen LogP contribution in [0, 0.1) is 6.92 Å². The van der Waals surface area contributed by atoms with Crippen LogP contribution in [0.3, 0.4) is 0 Å². The Morgan fingerprint density at radius 1 is 1.24 bits per heavy atom. The molecule has 1 aromatic rings. The molecule has 1 N–H and O–H groups in total. The number of nitrogens with one attached hydrogen (secondary N) is 1. The van der Waals surface area contributed by atoms with E-state index >= 15 is 0 Å². The molecule has 1 amide bonds. The Labute approximate surface area is 150 Å². The highest BCUT2D eigenvalue weighted by atomic mass is 16.1. The fraction of sp³-hybridized carbons (Fsp3) is 0.737. The average molecular weight is 343 g/mol. The van der Waals surface area contributed by atoms with Crippen molar-refractivity contribution in [2.24, 2.45) is 0 Å². The lowest BCUT2D eigenvalue weighted by Crippen LogP contribution is -2.61. The largest absolute Gasteiger partial charge is 0.356 e. The second kappa shape index (κ2) is 6.56. The third-order valence-electron chi connectivity index (χ3n) is 6.40. The van der Waals surface area contributed by atoms with Crippen molar-refractivity contribution in [2.75, 3.05) is 38.1 Å². The summed E-state index contributed by atoms with van der Waals surface area (Å²) >= 11 is 0. The Kier molecular flexibility index (Phi) is 4.40. The minimum Gasteiger partial charge on any atom is -0.356 e. The molecule has 1 saturated carbocycles. The zero-order valence-electron chi connectivity index (χ0n) is 15.4. The summed E-state index contributed by atoms with van der Waals surface area (Å²) in [6.45, 7) is 5.69. The van der Waals surface area contributed by atoms with Crippen molar-refractivity contribution >= 4 is 11.9 Å². The number of anilines is 1. The van der Waals surface area contributed by atoms with E-state index in [9.17, 15) is 4.79 Å². The van der Waals surface area contributed by atoms with Gasteiger partial charge in [0.25, 0.3) is 0 Å². The van der Waals surface area contributed by atoms with Gasteiger partial charge >= 0.3 is 0 Å². The Morgan fingerprint density at radius 3 is 2.84 bits per heavy atom. The lowest BCUT2D eigenvalue weighted by molar-refractivity contribution is -0.120. The molecule has 0 aromatic carbocycles. The molecule has 3 aliphatic rings. The zero-order chi connectivity index (χ0) is 17.4. The summed E-state index contributed by atoms with van der Waals surface area (Å²) in [5, 5.41) is 3.02. The van der Waals surface area contributed by atoms with Crippen LogP contribution in [0.1, 0.15) is 55.8 Å². The van der Waals surface area contributed by atoms with Gasteiger partial charge in [-0.2, -0.15) is 0 Å². The highest BCUT2D eigenvalue weighted by molar-refractivity contribution is 5.76. The van der Waals surface area contributed by atoms with Gasteiger partial charge in [0.1, 0.15) is 0 Å². The van der Waals surface area contributed by atoms with E-state index in [1.54, 1.807) is 0 Å². The van der Waals surface area contributed by atoms with Crippen LogP contribution >= 0.6 is 0 Å². The third-order valence-corrected chi connectivity index (χ3v) is 6.40. The number of piperazine rings is 1. The smallest absolute Gasteiger partial charge is 0.225 e. The van der Waals surface area contributed by atoms with Crippen molar-refractivity contribution in [2.45, 2.75) is 56.9 Å². The van der Waals surface area contributed by atoms with Crippen molar-refractivity contribution in [1.82, 2.24) is 20.2 Å². The second-order valence-electron chi connectivity index (χ2n) is 8.03. The van der Waals surface area contributed by atoms with Gasteiger partial charge in [0.2, 0.25) is 11.9 Å². The summed E-state index contributed by atoms with van der Waals surface area (Å²) in [7, 11) is 2.20. The van der Waals surface area contributed by atoms with Crippen LogP contribution < -0.4 is 10.2 Å². The quantitative estimate of drug-likeness (QED) is 0.888. The summed E-state index contributed by atoms with van der Waals surface area (Å²) in [5.74, 6) is 1.70. The second-order valence-corrected chi connectivity index (χ2v) is 8.03. The number of hydrogen-bond donors (Lipinski definition) is 1. The van der Waals surface area contributed by atoms with Crippen LogP contribution in [0.5, 0.6) is 0 Å². The fourth-order valence-electron chi connectivity index (χ4n) is 4.40. The van der Waals surface area contributed by atoms with E-state index in [0.717, 1.165) is 50.7 Å². The maximum absolute atomic E-state index is 11.8. The number of aryl methyl sites for hydroxylation is 1. The molecular weight excluding hydrogens is 314 g/mol. The van der Waals surface area contributed by atoms with Crippen LogP contribution in [0.2, 0.25) is 0 Å². The van der Waals surface area contributed by atoms with Crippen molar-refractivity contribution in [3.8, 4) is 0 Å². The van der Waals surface area contributed by atoms with Gasteiger partial charge < -0.3 is 10.2 Å². The Balaban J connectivity index is 1.58. The topological polar surface area (TPSA) is 61.4 Å². The van der Waals surface area contributed by atoms with Gasteiger partial charge in [-0.1, -0.05) is 6.42 Å². The lowest BCUT2D eigenvalue weighted by Gasteiger charge is -2.49. The van der Waals surface area contributed by atoms with Gasteiger partial charge in [0.15, 0.2) is 0 Å². The number of carbonyl (C=O) groups is 1. The van der Waals surface area contributed by atoms with E-state index in [1.165, 1.54) is 25.0 Å². The summed E-state index contributed by atoms with van der Waals surface area (Å²) < 4.78 is 0. The number of amides is 1. The maximum atomic E-state index is 11.8. The maximum Gasteiger partial charge on any atom is 0.225 e.